The van der Waals surface area contributed by atoms with Crippen LogP contribution >= 0.6 is 11.3 Å². The Morgan fingerprint density at radius 3 is 2.95 bits per heavy atom. The number of hydrogen-bond donors (Lipinski definition) is 1. The topological polar surface area (TPSA) is 75.9 Å². The average molecular weight is 320 g/mol. The molecule has 1 saturated heterocycles. The highest BCUT2D eigenvalue weighted by molar-refractivity contribution is 7.09. The Morgan fingerprint density at radius 1 is 1.50 bits per heavy atom. The van der Waals surface area contributed by atoms with E-state index in [0.717, 1.165) is 37.5 Å². The molecular formula is C14H20N6OS. The van der Waals surface area contributed by atoms with E-state index in [-0.39, 0.29) is 12.1 Å². The van der Waals surface area contributed by atoms with E-state index in [2.05, 4.69) is 20.4 Å². The highest BCUT2D eigenvalue weighted by Gasteiger charge is 2.24. The molecule has 1 atom stereocenters. The van der Waals surface area contributed by atoms with E-state index in [0.29, 0.717) is 5.92 Å². The first-order valence-electron chi connectivity index (χ1n) is 7.49. The zero-order valence-electron chi connectivity index (χ0n) is 12.6. The van der Waals surface area contributed by atoms with Crippen molar-refractivity contribution >= 4 is 17.4 Å². The Labute approximate surface area is 133 Å². The number of urea groups is 1. The number of hydrogen-bond acceptors (Lipinski definition) is 5. The first-order valence-corrected chi connectivity index (χ1v) is 8.37. The molecule has 1 aliphatic heterocycles. The predicted molar refractivity (Wildman–Crippen MR) is 83.4 cm³/mol. The van der Waals surface area contributed by atoms with E-state index in [1.807, 2.05) is 21.9 Å². The number of aromatic nitrogens is 4. The third-order valence-corrected chi connectivity index (χ3v) is 4.93. The molecule has 1 N–H and O–H groups in total. The van der Waals surface area contributed by atoms with Crippen molar-refractivity contribution in [2.24, 2.45) is 5.92 Å². The van der Waals surface area contributed by atoms with Crippen LogP contribution in [-0.4, -0.2) is 43.8 Å². The van der Waals surface area contributed by atoms with Gasteiger partial charge in [-0.3, -0.25) is 4.68 Å². The maximum Gasteiger partial charge on any atom is 0.317 e. The number of thiazole rings is 1. The van der Waals surface area contributed by atoms with Gasteiger partial charge >= 0.3 is 6.03 Å². The highest BCUT2D eigenvalue weighted by atomic mass is 32.1. The molecule has 118 valence electrons. The lowest BCUT2D eigenvalue weighted by Crippen LogP contribution is -2.45. The Hall–Kier alpha value is -1.96. The summed E-state index contributed by atoms with van der Waals surface area (Å²) in [6, 6.07) is -0.0396. The molecule has 0 spiro atoms. The smallest absolute Gasteiger partial charge is 0.317 e. The van der Waals surface area contributed by atoms with Gasteiger partial charge in [0.05, 0.1) is 6.04 Å². The molecule has 3 rings (SSSR count). The van der Waals surface area contributed by atoms with Gasteiger partial charge in [0.1, 0.15) is 17.7 Å². The van der Waals surface area contributed by atoms with Crippen molar-refractivity contribution in [2.75, 3.05) is 13.1 Å². The number of nitrogens with zero attached hydrogens (tertiary/aromatic N) is 5. The van der Waals surface area contributed by atoms with Gasteiger partial charge in [-0.15, -0.1) is 11.3 Å². The van der Waals surface area contributed by atoms with Crippen molar-refractivity contribution in [3.8, 4) is 0 Å². The van der Waals surface area contributed by atoms with Crippen LogP contribution in [0, 0.1) is 5.92 Å². The molecule has 3 heterocycles. The van der Waals surface area contributed by atoms with Crippen LogP contribution in [0.2, 0.25) is 0 Å². The minimum atomic E-state index is -0.0413. The molecule has 1 fully saturated rings. The van der Waals surface area contributed by atoms with Gasteiger partial charge in [-0.2, -0.15) is 5.10 Å². The van der Waals surface area contributed by atoms with Crippen molar-refractivity contribution in [1.82, 2.24) is 30.0 Å². The molecule has 2 aromatic rings. The van der Waals surface area contributed by atoms with E-state index in [1.165, 1.54) is 0 Å². The summed E-state index contributed by atoms with van der Waals surface area (Å²) in [5.74, 6) is 0.558. The zero-order valence-corrected chi connectivity index (χ0v) is 13.4. The van der Waals surface area contributed by atoms with Gasteiger partial charge in [0, 0.05) is 31.2 Å². The van der Waals surface area contributed by atoms with Crippen molar-refractivity contribution in [2.45, 2.75) is 32.4 Å². The molecule has 0 aliphatic carbocycles. The van der Waals surface area contributed by atoms with Gasteiger partial charge in [0.25, 0.3) is 0 Å². The van der Waals surface area contributed by atoms with E-state index < -0.39 is 0 Å². The summed E-state index contributed by atoms with van der Waals surface area (Å²) < 4.78 is 1.87. The van der Waals surface area contributed by atoms with Crippen molar-refractivity contribution < 1.29 is 4.79 Å². The summed E-state index contributed by atoms with van der Waals surface area (Å²) in [7, 11) is 0. The van der Waals surface area contributed by atoms with Crippen LogP contribution in [-0.2, 0) is 6.54 Å². The lowest BCUT2D eigenvalue weighted by atomic mass is 9.97. The fourth-order valence-electron chi connectivity index (χ4n) is 2.70. The number of carbonyl (C=O) groups excluding carboxylic acids is 1. The lowest BCUT2D eigenvalue weighted by molar-refractivity contribution is 0.161. The van der Waals surface area contributed by atoms with Crippen molar-refractivity contribution in [1.29, 1.82) is 0 Å². The molecule has 8 heteroatoms. The van der Waals surface area contributed by atoms with Crippen LogP contribution in [0.3, 0.4) is 0 Å². The minimum Gasteiger partial charge on any atom is -0.329 e. The molecule has 1 aliphatic rings. The molecule has 0 unspecified atom stereocenters. The Morgan fingerprint density at radius 2 is 2.32 bits per heavy atom. The van der Waals surface area contributed by atoms with Gasteiger partial charge in [-0.1, -0.05) is 0 Å². The van der Waals surface area contributed by atoms with E-state index in [4.69, 9.17) is 0 Å². The fraction of sp³-hybridized carbons (Fsp3) is 0.571. The second-order valence-electron chi connectivity index (χ2n) is 5.59. The van der Waals surface area contributed by atoms with Gasteiger partial charge in [0.2, 0.25) is 0 Å². The summed E-state index contributed by atoms with van der Waals surface area (Å²) in [5, 5.41) is 10.0. The quantitative estimate of drug-likeness (QED) is 0.934. The van der Waals surface area contributed by atoms with Gasteiger partial charge in [-0.05, 0) is 25.7 Å². The Kier molecular flexibility index (Phi) is 4.67. The van der Waals surface area contributed by atoms with Crippen molar-refractivity contribution in [3.05, 3.63) is 29.2 Å². The number of rotatable bonds is 4. The SMILES string of the molecule is C[C@H](NC(=O)N1CCC(Cn2cncn2)CC1)c1nccs1. The molecule has 22 heavy (non-hydrogen) atoms. The first-order chi connectivity index (χ1) is 10.7. The second-order valence-corrected chi connectivity index (χ2v) is 6.52. The number of nitrogens with one attached hydrogen (secondary N) is 1. The molecule has 0 radical (unpaired) electrons. The Bertz CT molecular complexity index is 577. The van der Waals surface area contributed by atoms with E-state index in [9.17, 15) is 4.79 Å². The molecule has 2 aromatic heterocycles. The van der Waals surface area contributed by atoms with Crippen molar-refractivity contribution in [3.63, 3.8) is 0 Å². The van der Waals surface area contributed by atoms with E-state index in [1.54, 1.807) is 30.2 Å². The Balaban J connectivity index is 1.45. The second kappa shape index (κ2) is 6.87. The summed E-state index contributed by atoms with van der Waals surface area (Å²) in [6.07, 6.45) is 7.06. The average Bonchev–Trinajstić information content (AvgIpc) is 3.21. The predicted octanol–water partition coefficient (Wildman–Crippen LogP) is 1.92. The number of piperidine rings is 1. The summed E-state index contributed by atoms with van der Waals surface area (Å²) in [6.45, 7) is 4.42. The number of likely N-dealkylation sites (tertiary alicyclic amines) is 1. The molecule has 0 saturated carbocycles. The van der Waals surface area contributed by atoms with Crippen LogP contribution < -0.4 is 5.32 Å². The summed E-state index contributed by atoms with van der Waals surface area (Å²) in [4.78, 5) is 22.4. The third-order valence-electron chi connectivity index (χ3n) is 3.98. The largest absolute Gasteiger partial charge is 0.329 e. The first kappa shape index (κ1) is 15.0. The molecular weight excluding hydrogens is 300 g/mol. The molecule has 0 aromatic carbocycles. The highest BCUT2D eigenvalue weighted by Crippen LogP contribution is 2.20. The maximum atomic E-state index is 12.3. The zero-order chi connectivity index (χ0) is 15.4. The summed E-state index contributed by atoms with van der Waals surface area (Å²) >= 11 is 1.56. The minimum absolute atomic E-state index is 0.00176. The van der Waals surface area contributed by atoms with Crippen LogP contribution in [0.5, 0.6) is 0 Å². The monoisotopic (exact) mass is 320 g/mol. The van der Waals surface area contributed by atoms with Gasteiger partial charge < -0.3 is 10.2 Å². The normalized spacial score (nSPS) is 17.4. The number of carbonyl (C=O) groups is 1. The van der Waals surface area contributed by atoms with Crippen LogP contribution in [0.1, 0.15) is 30.8 Å². The fourth-order valence-corrected chi connectivity index (χ4v) is 3.34. The van der Waals surface area contributed by atoms with E-state index >= 15 is 0 Å². The maximum absolute atomic E-state index is 12.3. The van der Waals surface area contributed by atoms with Crippen LogP contribution in [0.25, 0.3) is 0 Å². The lowest BCUT2D eigenvalue weighted by Gasteiger charge is -2.32. The van der Waals surface area contributed by atoms with Gasteiger partial charge in [-0.25, -0.2) is 14.8 Å². The van der Waals surface area contributed by atoms with Gasteiger partial charge in [0.15, 0.2) is 0 Å². The summed E-state index contributed by atoms with van der Waals surface area (Å²) in [5.41, 5.74) is 0. The third kappa shape index (κ3) is 3.62. The molecule has 0 bridgehead atoms. The standard InChI is InChI=1S/C14H20N6OS/c1-11(13-16-4-7-22-13)18-14(21)19-5-2-12(3-6-19)8-20-10-15-9-17-20/h4,7,9-12H,2-3,5-6,8H2,1H3,(H,18,21)/t11-/m0/s1. The molecule has 2 amide bonds. The number of amides is 2. The molecule has 7 nitrogen and oxygen atoms in total. The van der Waals surface area contributed by atoms with Crippen LogP contribution in [0.4, 0.5) is 4.79 Å². The van der Waals surface area contributed by atoms with Crippen LogP contribution in [0.15, 0.2) is 24.2 Å².